The number of hydrogen-bond donors (Lipinski definition) is 0. The second-order valence-corrected chi connectivity index (χ2v) is 0. The molecule has 0 aromatic rings. The average Bonchev–Trinajstić information content (AvgIpc) is 0. The molecule has 0 aromatic carbocycles. The van der Waals surface area contributed by atoms with Crippen LogP contribution in [0, 0.1) is 0 Å². The Labute approximate surface area is 62.9 Å². The first kappa shape index (κ1) is 43.3. The zero-order valence-corrected chi connectivity index (χ0v) is 6.73. The minimum atomic E-state index is 0. The fourth-order valence-corrected chi connectivity index (χ4v) is 0. The van der Waals surface area contributed by atoms with Gasteiger partial charge in [-0.2, -0.15) is 0 Å². The van der Waals surface area contributed by atoms with Gasteiger partial charge in [0.15, 0.2) is 0 Å². The summed E-state index contributed by atoms with van der Waals surface area (Å²) in [4.78, 5) is 0. The van der Waals surface area contributed by atoms with Crippen molar-refractivity contribution in [2.45, 2.75) is 0 Å². The zero-order valence-electron chi connectivity index (χ0n) is 2.58. The van der Waals surface area contributed by atoms with E-state index in [0.29, 0.717) is 0 Å². The number of rotatable bonds is 0. The van der Waals surface area contributed by atoms with Gasteiger partial charge in [0.05, 0.1) is 0 Å². The van der Waals surface area contributed by atoms with E-state index in [9.17, 15) is 0 Å². The third-order valence-corrected chi connectivity index (χ3v) is 0. The van der Waals surface area contributed by atoms with Crippen LogP contribution in [0.3, 0.4) is 0 Å². The minimum Gasteiger partial charge on any atom is -0.412 e. The SMILES string of the molecule is O.[Al].[Na].[Si]. The van der Waals surface area contributed by atoms with Gasteiger partial charge in [0.25, 0.3) is 0 Å². The quantitative estimate of drug-likeness (QED) is 0.313. The van der Waals surface area contributed by atoms with E-state index in [1.165, 1.54) is 0 Å². The Kier molecular flexibility index (Phi) is 240. The van der Waals surface area contributed by atoms with E-state index in [1.54, 1.807) is 0 Å². The van der Waals surface area contributed by atoms with Crippen LogP contribution in [0.15, 0.2) is 0 Å². The summed E-state index contributed by atoms with van der Waals surface area (Å²) in [5.74, 6) is 0. The van der Waals surface area contributed by atoms with Gasteiger partial charge in [-0.25, -0.2) is 0 Å². The first-order valence-electron chi connectivity index (χ1n) is 0. The van der Waals surface area contributed by atoms with Gasteiger partial charge in [0.1, 0.15) is 0 Å². The summed E-state index contributed by atoms with van der Waals surface area (Å²) in [5, 5.41) is 0. The molecule has 0 heterocycles. The summed E-state index contributed by atoms with van der Waals surface area (Å²) in [7, 11) is 0. The van der Waals surface area contributed by atoms with Crippen molar-refractivity contribution < 1.29 is 5.48 Å². The van der Waals surface area contributed by atoms with Crippen LogP contribution in [0.5, 0.6) is 0 Å². The topological polar surface area (TPSA) is 31.5 Å². The van der Waals surface area contributed by atoms with Crippen molar-refractivity contribution in [1.82, 2.24) is 0 Å². The Balaban J connectivity index is 0. The van der Waals surface area contributed by atoms with E-state index in [-0.39, 0.29) is 63.4 Å². The molecular formula is H2AlNaOSi. The second-order valence-electron chi connectivity index (χ2n) is 0. The molecule has 0 bridgehead atoms. The first-order valence-corrected chi connectivity index (χ1v) is 0. The third-order valence-electron chi connectivity index (χ3n) is 0. The van der Waals surface area contributed by atoms with E-state index >= 15 is 0 Å². The van der Waals surface area contributed by atoms with E-state index in [2.05, 4.69) is 0 Å². The Morgan fingerprint density at radius 2 is 1.00 bits per heavy atom. The van der Waals surface area contributed by atoms with Crippen molar-refractivity contribution in [2.24, 2.45) is 0 Å². The smallest absolute Gasteiger partial charge is 0 e. The fraction of sp³-hybridized carbons (Fsp3) is 0. The van der Waals surface area contributed by atoms with Crippen LogP contribution in [-0.2, 0) is 0 Å². The molecule has 4 heteroatoms. The molecule has 0 amide bonds. The Bertz CT molecular complexity index is 8.00. The molecular weight excluding hydrogens is 94.1 g/mol. The summed E-state index contributed by atoms with van der Waals surface area (Å²) >= 11 is 0. The Morgan fingerprint density at radius 1 is 1.00 bits per heavy atom. The van der Waals surface area contributed by atoms with Crippen molar-refractivity contribution in [2.75, 3.05) is 0 Å². The molecule has 2 N–H and O–H groups in total. The molecule has 1 nitrogen and oxygen atoms in total. The van der Waals surface area contributed by atoms with Crippen molar-refractivity contribution >= 4 is 57.9 Å². The monoisotopic (exact) mass is 96.0 g/mol. The molecule has 0 fully saturated rings. The van der Waals surface area contributed by atoms with Gasteiger partial charge < -0.3 is 5.48 Å². The molecule has 8 radical (unpaired) electrons. The molecule has 0 rings (SSSR count). The van der Waals surface area contributed by atoms with Crippen LogP contribution in [0.2, 0.25) is 0 Å². The summed E-state index contributed by atoms with van der Waals surface area (Å²) in [5.41, 5.74) is 0. The molecule has 0 spiro atoms. The second kappa shape index (κ2) is 22.2. The minimum absolute atomic E-state index is 0. The van der Waals surface area contributed by atoms with Crippen LogP contribution in [-0.4, -0.2) is 63.4 Å². The normalized spacial score (nSPS) is 0. The predicted octanol–water partition coefficient (Wildman–Crippen LogP) is -1.97. The van der Waals surface area contributed by atoms with Crippen molar-refractivity contribution in [3.8, 4) is 0 Å². The van der Waals surface area contributed by atoms with Crippen LogP contribution in [0.25, 0.3) is 0 Å². The van der Waals surface area contributed by atoms with Crippen LogP contribution < -0.4 is 0 Å². The van der Waals surface area contributed by atoms with Gasteiger partial charge in [-0.05, 0) is 0 Å². The molecule has 0 atom stereocenters. The van der Waals surface area contributed by atoms with Gasteiger partial charge >= 0.3 is 0 Å². The van der Waals surface area contributed by atoms with Crippen LogP contribution >= 0.6 is 0 Å². The number of hydrogen-bond acceptors (Lipinski definition) is 0. The molecule has 0 aromatic heterocycles. The van der Waals surface area contributed by atoms with E-state index in [1.807, 2.05) is 0 Å². The van der Waals surface area contributed by atoms with Gasteiger partial charge in [0, 0.05) is 57.9 Å². The third kappa shape index (κ3) is 9.32. The molecule has 0 aliphatic carbocycles. The Hall–Kier alpha value is 1.71. The maximum atomic E-state index is 0. The molecule has 0 aliphatic heterocycles. The van der Waals surface area contributed by atoms with Crippen LogP contribution in [0.4, 0.5) is 0 Å². The average molecular weight is 96.1 g/mol. The molecule has 0 saturated carbocycles. The van der Waals surface area contributed by atoms with E-state index < -0.39 is 0 Å². The molecule has 4 heavy (non-hydrogen) atoms. The molecule has 0 unspecified atom stereocenters. The van der Waals surface area contributed by atoms with Crippen molar-refractivity contribution in [3.05, 3.63) is 0 Å². The maximum absolute atomic E-state index is 0. The molecule has 0 saturated heterocycles. The van der Waals surface area contributed by atoms with Gasteiger partial charge in [-0.15, -0.1) is 0 Å². The Morgan fingerprint density at radius 3 is 1.00 bits per heavy atom. The van der Waals surface area contributed by atoms with E-state index in [4.69, 9.17) is 0 Å². The van der Waals surface area contributed by atoms with Gasteiger partial charge in [0.2, 0.25) is 0 Å². The summed E-state index contributed by atoms with van der Waals surface area (Å²) in [6.45, 7) is 0. The van der Waals surface area contributed by atoms with E-state index in [0.717, 1.165) is 0 Å². The zero-order chi connectivity index (χ0) is 0. The van der Waals surface area contributed by atoms with Crippen molar-refractivity contribution in [3.63, 3.8) is 0 Å². The first-order chi connectivity index (χ1) is 0. The summed E-state index contributed by atoms with van der Waals surface area (Å²) < 4.78 is 0. The summed E-state index contributed by atoms with van der Waals surface area (Å²) in [6.07, 6.45) is 0. The van der Waals surface area contributed by atoms with Gasteiger partial charge in [-0.3, -0.25) is 0 Å². The molecule has 16 valence electrons. The van der Waals surface area contributed by atoms with Crippen molar-refractivity contribution in [1.29, 1.82) is 0 Å². The molecule has 0 aliphatic rings. The van der Waals surface area contributed by atoms with Crippen LogP contribution in [0.1, 0.15) is 0 Å². The van der Waals surface area contributed by atoms with Gasteiger partial charge in [-0.1, -0.05) is 0 Å². The standard InChI is InChI=1S/Al.Na.H2O.Si/h;;1H2;. The maximum Gasteiger partial charge on any atom is 0 e. The predicted molar refractivity (Wildman–Crippen MR) is 20.9 cm³/mol. The summed E-state index contributed by atoms with van der Waals surface area (Å²) in [6, 6.07) is 0. The fourth-order valence-electron chi connectivity index (χ4n) is 0. The largest absolute Gasteiger partial charge is 0.412 e.